The highest BCUT2D eigenvalue weighted by molar-refractivity contribution is 7.07. The normalized spacial score (nSPS) is 15.0. The molecule has 3 heterocycles. The number of methoxy groups -OCH3 is 1. The molecule has 42 heavy (non-hydrogen) atoms. The van der Waals surface area contributed by atoms with Gasteiger partial charge in [0.05, 0.1) is 40.6 Å². The first kappa shape index (κ1) is 29.3. The van der Waals surface area contributed by atoms with Crippen LogP contribution in [0, 0.1) is 13.8 Å². The zero-order valence-corrected chi connectivity index (χ0v) is 25.7. The molecule has 1 aliphatic rings. The zero-order chi connectivity index (χ0) is 30.3. The Hall–Kier alpha value is -4.21. The van der Waals surface area contributed by atoms with Crippen molar-refractivity contribution in [3.05, 3.63) is 119 Å². The standard InChI is InChI=1S/C32H30ClN3O5S/c1-17(2)41-31(39)27-19(4)34-32-36(28(27)21-10-12-24(33)13-11-21)29(37)26(42-32)16-23-14-18(3)35(20(23)5)25-9-7-8-22(15-25)30(38)40-6/h7-17,28H,1-6H3/b26-16+/t28-/m0/s1. The topological polar surface area (TPSA) is 91.9 Å². The lowest BCUT2D eigenvalue weighted by molar-refractivity contribution is -0.143. The van der Waals surface area contributed by atoms with Gasteiger partial charge in [-0.2, -0.15) is 0 Å². The average Bonchev–Trinajstić information content (AvgIpc) is 3.41. The monoisotopic (exact) mass is 603 g/mol. The van der Waals surface area contributed by atoms with E-state index in [1.54, 1.807) is 55.7 Å². The van der Waals surface area contributed by atoms with Crippen molar-refractivity contribution in [3.63, 3.8) is 0 Å². The van der Waals surface area contributed by atoms with Gasteiger partial charge in [0.25, 0.3) is 5.56 Å². The summed E-state index contributed by atoms with van der Waals surface area (Å²) in [4.78, 5) is 44.6. The molecule has 0 radical (unpaired) electrons. The number of aromatic nitrogens is 2. The Morgan fingerprint density at radius 2 is 1.76 bits per heavy atom. The van der Waals surface area contributed by atoms with E-state index < -0.39 is 18.0 Å². The largest absolute Gasteiger partial charge is 0.465 e. The average molecular weight is 604 g/mol. The van der Waals surface area contributed by atoms with Crippen molar-refractivity contribution in [1.29, 1.82) is 0 Å². The van der Waals surface area contributed by atoms with E-state index in [1.165, 1.54) is 18.4 Å². The molecule has 2 aromatic heterocycles. The van der Waals surface area contributed by atoms with Crippen LogP contribution in [0.25, 0.3) is 11.8 Å². The van der Waals surface area contributed by atoms with E-state index in [9.17, 15) is 14.4 Å². The lowest BCUT2D eigenvalue weighted by Gasteiger charge is -2.25. The van der Waals surface area contributed by atoms with Crippen molar-refractivity contribution in [3.8, 4) is 5.69 Å². The number of carbonyl (C=O) groups excluding carboxylic acids is 2. The van der Waals surface area contributed by atoms with Gasteiger partial charge in [-0.05, 0) is 88.2 Å². The fourth-order valence-corrected chi connectivity index (χ4v) is 6.35. The van der Waals surface area contributed by atoms with Gasteiger partial charge in [-0.25, -0.2) is 14.6 Å². The van der Waals surface area contributed by atoms with E-state index in [2.05, 4.69) is 4.99 Å². The Balaban J connectivity index is 1.66. The summed E-state index contributed by atoms with van der Waals surface area (Å²) in [6, 6.07) is 15.5. The van der Waals surface area contributed by atoms with E-state index in [1.807, 2.05) is 48.8 Å². The van der Waals surface area contributed by atoms with Crippen molar-refractivity contribution in [2.45, 2.75) is 46.8 Å². The Kier molecular flexibility index (Phi) is 8.08. The molecule has 2 aromatic carbocycles. The lowest BCUT2D eigenvalue weighted by atomic mass is 9.96. The highest BCUT2D eigenvalue weighted by Crippen LogP contribution is 2.31. The van der Waals surface area contributed by atoms with Crippen molar-refractivity contribution in [2.24, 2.45) is 4.99 Å². The molecule has 8 nitrogen and oxygen atoms in total. The van der Waals surface area contributed by atoms with Gasteiger partial charge in [0.2, 0.25) is 0 Å². The maximum Gasteiger partial charge on any atom is 0.338 e. The molecule has 0 spiro atoms. The maximum atomic E-state index is 14.0. The van der Waals surface area contributed by atoms with Gasteiger partial charge < -0.3 is 14.0 Å². The Labute approximate surface area is 251 Å². The van der Waals surface area contributed by atoms with E-state index in [0.717, 1.165) is 28.2 Å². The fraction of sp³-hybridized carbons (Fsp3) is 0.250. The maximum absolute atomic E-state index is 14.0. The summed E-state index contributed by atoms with van der Waals surface area (Å²) in [6.45, 7) is 9.24. The molecule has 0 N–H and O–H groups in total. The van der Waals surface area contributed by atoms with Gasteiger partial charge in [-0.1, -0.05) is 41.1 Å². The third-order valence-corrected chi connectivity index (χ3v) is 8.29. The Morgan fingerprint density at radius 1 is 1.05 bits per heavy atom. The molecule has 4 aromatic rings. The summed E-state index contributed by atoms with van der Waals surface area (Å²) in [5.41, 5.74) is 5.20. The number of aryl methyl sites for hydroxylation is 1. The van der Waals surface area contributed by atoms with Crippen molar-refractivity contribution in [1.82, 2.24) is 9.13 Å². The number of hydrogen-bond donors (Lipinski definition) is 0. The molecule has 0 saturated heterocycles. The van der Waals surface area contributed by atoms with Crippen molar-refractivity contribution in [2.75, 3.05) is 7.11 Å². The number of nitrogens with zero attached hydrogens (tertiary/aromatic N) is 3. The smallest absolute Gasteiger partial charge is 0.338 e. The van der Waals surface area contributed by atoms with Crippen LogP contribution >= 0.6 is 22.9 Å². The van der Waals surface area contributed by atoms with Crippen molar-refractivity contribution < 1.29 is 19.1 Å². The second-order valence-corrected chi connectivity index (χ2v) is 11.7. The molecule has 0 amide bonds. The highest BCUT2D eigenvalue weighted by Gasteiger charge is 2.33. The van der Waals surface area contributed by atoms with Crippen LogP contribution in [-0.4, -0.2) is 34.3 Å². The molecule has 0 unspecified atom stereocenters. The molecular formula is C32H30ClN3O5S. The van der Waals surface area contributed by atoms with E-state index in [0.29, 0.717) is 31.2 Å². The molecule has 0 bridgehead atoms. The van der Waals surface area contributed by atoms with Crippen LogP contribution in [0.1, 0.15) is 59.7 Å². The number of allylic oxidation sites excluding steroid dienone is 1. The van der Waals surface area contributed by atoms with E-state index >= 15 is 0 Å². The number of carbonyl (C=O) groups is 2. The van der Waals surface area contributed by atoms with Gasteiger partial charge in [0.15, 0.2) is 4.80 Å². The number of ether oxygens (including phenoxy) is 2. The first-order valence-electron chi connectivity index (χ1n) is 13.4. The molecule has 216 valence electrons. The first-order valence-corrected chi connectivity index (χ1v) is 14.6. The van der Waals surface area contributed by atoms with Crippen LogP contribution in [0.3, 0.4) is 0 Å². The Morgan fingerprint density at radius 3 is 2.43 bits per heavy atom. The third kappa shape index (κ3) is 5.37. The minimum atomic E-state index is -0.722. The molecule has 0 saturated carbocycles. The first-order chi connectivity index (χ1) is 20.0. The van der Waals surface area contributed by atoms with Crippen LogP contribution < -0.4 is 14.9 Å². The quantitative estimate of drug-likeness (QED) is 0.288. The number of fused-ring (bicyclic) bond motifs is 1. The van der Waals surface area contributed by atoms with Crippen molar-refractivity contribution >= 4 is 41.0 Å². The summed E-state index contributed by atoms with van der Waals surface area (Å²) >= 11 is 7.42. The van der Waals surface area contributed by atoms with Gasteiger partial charge in [0, 0.05) is 22.1 Å². The number of hydrogen-bond acceptors (Lipinski definition) is 7. The number of thiazole rings is 1. The summed E-state index contributed by atoms with van der Waals surface area (Å²) in [6.07, 6.45) is 1.51. The Bertz CT molecular complexity index is 1930. The molecule has 10 heteroatoms. The zero-order valence-electron chi connectivity index (χ0n) is 24.1. The molecule has 1 aliphatic heterocycles. The molecule has 5 rings (SSSR count). The summed E-state index contributed by atoms with van der Waals surface area (Å²) in [5.74, 6) is -0.930. The van der Waals surface area contributed by atoms with Crippen LogP contribution in [0.4, 0.5) is 0 Å². The molecule has 1 atom stereocenters. The number of benzene rings is 2. The SMILES string of the molecule is COC(=O)c1cccc(-n2c(C)cc(/C=c3/sc4n(c3=O)[C@@H](c3ccc(Cl)cc3)C(C(=O)OC(C)C)=C(C)N=4)c2C)c1. The predicted octanol–water partition coefficient (Wildman–Crippen LogP) is 5.03. The fourth-order valence-electron chi connectivity index (χ4n) is 5.18. The van der Waals surface area contributed by atoms with E-state index in [-0.39, 0.29) is 11.7 Å². The van der Waals surface area contributed by atoms with Gasteiger partial charge in [-0.15, -0.1) is 0 Å². The van der Waals surface area contributed by atoms with Crippen LogP contribution in [-0.2, 0) is 14.3 Å². The number of halogens is 1. The van der Waals surface area contributed by atoms with Crippen LogP contribution in [0.5, 0.6) is 0 Å². The van der Waals surface area contributed by atoms with Gasteiger partial charge in [0.1, 0.15) is 0 Å². The predicted molar refractivity (Wildman–Crippen MR) is 163 cm³/mol. The summed E-state index contributed by atoms with van der Waals surface area (Å²) in [5, 5.41) is 0.547. The van der Waals surface area contributed by atoms with Crippen LogP contribution in [0.15, 0.2) is 75.7 Å². The number of rotatable bonds is 6. The minimum absolute atomic E-state index is 0.265. The third-order valence-electron chi connectivity index (χ3n) is 7.05. The summed E-state index contributed by atoms with van der Waals surface area (Å²) < 4.78 is 14.5. The molecule has 0 fully saturated rings. The van der Waals surface area contributed by atoms with E-state index in [4.69, 9.17) is 21.1 Å². The molecular weight excluding hydrogens is 574 g/mol. The second kappa shape index (κ2) is 11.6. The molecule has 0 aliphatic carbocycles. The van der Waals surface area contributed by atoms with Gasteiger partial charge >= 0.3 is 11.9 Å². The summed E-state index contributed by atoms with van der Waals surface area (Å²) in [7, 11) is 1.35. The van der Waals surface area contributed by atoms with Gasteiger partial charge in [-0.3, -0.25) is 9.36 Å². The minimum Gasteiger partial charge on any atom is -0.465 e. The lowest BCUT2D eigenvalue weighted by Crippen LogP contribution is -2.40. The second-order valence-electron chi connectivity index (χ2n) is 10.3. The number of esters is 2. The highest BCUT2D eigenvalue weighted by atomic mass is 35.5. The van der Waals surface area contributed by atoms with Crippen LogP contribution in [0.2, 0.25) is 5.02 Å².